The normalized spacial score (nSPS) is 11.4. The van der Waals surface area contributed by atoms with Crippen LogP contribution >= 0.6 is 0 Å². The Morgan fingerprint density at radius 1 is 1.40 bits per heavy atom. The number of nitrogens with one attached hydrogen (secondary N) is 1. The second-order valence-electron chi connectivity index (χ2n) is 4.06. The molecule has 7 heteroatoms. The maximum absolute atomic E-state index is 11.5. The van der Waals surface area contributed by atoms with Gasteiger partial charge in [-0.05, 0) is 20.8 Å². The summed E-state index contributed by atoms with van der Waals surface area (Å²) in [7, 11) is 0. The number of aromatic amines is 1. The molecule has 0 radical (unpaired) electrons. The van der Waals surface area contributed by atoms with E-state index in [2.05, 4.69) is 5.10 Å². The number of hydrogen-bond donors (Lipinski definition) is 1. The quantitative estimate of drug-likeness (QED) is 0.409. The molecule has 0 saturated heterocycles. The number of nitrogens with zero attached hydrogens (tertiary/aromatic N) is 2. The molecule has 82 valence electrons. The van der Waals surface area contributed by atoms with Crippen LogP contribution in [0.2, 0.25) is 0 Å². The second kappa shape index (κ2) is 3.34. The van der Waals surface area contributed by atoms with E-state index in [1.165, 1.54) is 0 Å². The van der Waals surface area contributed by atoms with E-state index in [0.29, 0.717) is 0 Å². The second-order valence-corrected chi connectivity index (χ2v) is 4.06. The van der Waals surface area contributed by atoms with E-state index >= 15 is 0 Å². The minimum absolute atomic E-state index is 0.620. The lowest BCUT2D eigenvalue weighted by Crippen LogP contribution is -2.44. The molecule has 0 saturated carbocycles. The van der Waals surface area contributed by atoms with Crippen LogP contribution in [0.25, 0.3) is 0 Å². The van der Waals surface area contributed by atoms with Crippen molar-refractivity contribution in [2.45, 2.75) is 26.3 Å². The fourth-order valence-electron chi connectivity index (χ4n) is 1.09. The first-order valence-corrected chi connectivity index (χ1v) is 4.25. The molecule has 7 nitrogen and oxygen atoms in total. The topological polar surface area (TPSA) is 98.0 Å². The van der Waals surface area contributed by atoms with Gasteiger partial charge in [-0.2, -0.15) is 0 Å². The molecule has 0 aliphatic heterocycles. The van der Waals surface area contributed by atoms with E-state index in [0.717, 1.165) is 10.9 Å². The van der Waals surface area contributed by atoms with Gasteiger partial charge in [0.1, 0.15) is 6.20 Å². The van der Waals surface area contributed by atoms with E-state index < -0.39 is 27.1 Å². The first kappa shape index (κ1) is 11.2. The summed E-state index contributed by atoms with van der Waals surface area (Å²) in [6.45, 7) is 5.11. The molecule has 15 heavy (non-hydrogen) atoms. The van der Waals surface area contributed by atoms with Crippen LogP contribution in [0.4, 0.5) is 5.69 Å². The lowest BCUT2D eigenvalue weighted by molar-refractivity contribution is -0.386. The highest BCUT2D eigenvalue weighted by Gasteiger charge is 2.22. The van der Waals surface area contributed by atoms with Gasteiger partial charge in [0.05, 0.1) is 10.5 Å². The molecule has 1 aromatic heterocycles. The standard InChI is InChI=1S/C8H11N3O4/c1-8(2,3)10-7(13)6(12)5(4-9-10)11(14)15/h4,9H,1-3H3. The van der Waals surface area contributed by atoms with Gasteiger partial charge in [-0.3, -0.25) is 24.8 Å². The maximum Gasteiger partial charge on any atom is 0.339 e. The molecule has 1 rings (SSSR count). The van der Waals surface area contributed by atoms with Gasteiger partial charge in [-0.15, -0.1) is 0 Å². The third-order valence-corrected chi connectivity index (χ3v) is 1.83. The fourth-order valence-corrected chi connectivity index (χ4v) is 1.09. The van der Waals surface area contributed by atoms with Crippen molar-refractivity contribution in [2.24, 2.45) is 0 Å². The Hall–Kier alpha value is -1.92. The summed E-state index contributed by atoms with van der Waals surface area (Å²) in [6.07, 6.45) is 0.926. The van der Waals surface area contributed by atoms with Crippen LogP contribution in [0.15, 0.2) is 15.8 Å². The summed E-state index contributed by atoms with van der Waals surface area (Å²) < 4.78 is 1.06. The van der Waals surface area contributed by atoms with Gasteiger partial charge in [0.2, 0.25) is 0 Å². The van der Waals surface area contributed by atoms with Crippen molar-refractivity contribution >= 4 is 5.69 Å². The summed E-state index contributed by atoms with van der Waals surface area (Å²) in [5.41, 5.74) is -3.38. The van der Waals surface area contributed by atoms with Gasteiger partial charge < -0.3 is 0 Å². The molecule has 1 N–H and O–H groups in total. The Kier molecular flexibility index (Phi) is 2.48. The predicted molar refractivity (Wildman–Crippen MR) is 53.0 cm³/mol. The highest BCUT2D eigenvalue weighted by atomic mass is 16.6. The summed E-state index contributed by atoms with van der Waals surface area (Å²) in [5, 5.41) is 12.8. The molecule has 0 spiro atoms. The third-order valence-electron chi connectivity index (χ3n) is 1.83. The van der Waals surface area contributed by atoms with Crippen molar-refractivity contribution in [3.63, 3.8) is 0 Å². The molecule has 0 bridgehead atoms. The number of aromatic nitrogens is 2. The molecule has 0 aliphatic rings. The smallest absolute Gasteiger partial charge is 0.295 e. The summed E-state index contributed by atoms with van der Waals surface area (Å²) in [6, 6.07) is 0. The van der Waals surface area contributed by atoms with Crippen molar-refractivity contribution < 1.29 is 4.92 Å². The van der Waals surface area contributed by atoms with E-state index in [1.54, 1.807) is 20.8 Å². The summed E-state index contributed by atoms with van der Waals surface area (Å²) >= 11 is 0. The van der Waals surface area contributed by atoms with Gasteiger partial charge in [-0.1, -0.05) is 0 Å². The molecule has 0 aliphatic carbocycles. The molecule has 1 aromatic rings. The largest absolute Gasteiger partial charge is 0.339 e. The van der Waals surface area contributed by atoms with Crippen LogP contribution in [-0.4, -0.2) is 14.7 Å². The molecule has 0 unspecified atom stereocenters. The Balaban J connectivity index is 3.56. The number of H-pyrrole nitrogens is 1. The number of nitro groups is 1. The highest BCUT2D eigenvalue weighted by molar-refractivity contribution is 5.22. The molecular weight excluding hydrogens is 202 g/mol. The fraction of sp³-hybridized carbons (Fsp3) is 0.500. The zero-order chi connectivity index (χ0) is 11.8. The zero-order valence-corrected chi connectivity index (χ0v) is 8.60. The average Bonchev–Trinajstić information content (AvgIpc) is 2.06. The van der Waals surface area contributed by atoms with Crippen LogP contribution in [0, 0.1) is 10.1 Å². The van der Waals surface area contributed by atoms with E-state index in [1.807, 2.05) is 0 Å². The van der Waals surface area contributed by atoms with Crippen molar-refractivity contribution in [1.29, 1.82) is 0 Å². The molecule has 0 aromatic carbocycles. The Morgan fingerprint density at radius 3 is 2.33 bits per heavy atom. The number of hydrogen-bond acceptors (Lipinski definition) is 4. The Morgan fingerprint density at radius 2 is 1.93 bits per heavy atom. The monoisotopic (exact) mass is 213 g/mol. The highest BCUT2D eigenvalue weighted by Crippen LogP contribution is 2.08. The molecule has 1 heterocycles. The van der Waals surface area contributed by atoms with Gasteiger partial charge in [0.15, 0.2) is 0 Å². The maximum atomic E-state index is 11.5. The van der Waals surface area contributed by atoms with Gasteiger partial charge in [0, 0.05) is 0 Å². The summed E-state index contributed by atoms with van der Waals surface area (Å²) in [4.78, 5) is 32.2. The molecule has 0 atom stereocenters. The first-order valence-electron chi connectivity index (χ1n) is 4.25. The Labute approximate surface area is 84.5 Å². The number of rotatable bonds is 1. The minimum atomic E-state index is -1.10. The lowest BCUT2D eigenvalue weighted by Gasteiger charge is -2.20. The zero-order valence-electron chi connectivity index (χ0n) is 8.60. The summed E-state index contributed by atoms with van der Waals surface area (Å²) in [5.74, 6) is 0. The average molecular weight is 213 g/mol. The Bertz CT molecular complexity index is 506. The molecule has 0 amide bonds. The van der Waals surface area contributed by atoms with E-state index in [9.17, 15) is 19.7 Å². The first-order chi connectivity index (χ1) is 6.75. The van der Waals surface area contributed by atoms with Crippen molar-refractivity contribution in [3.05, 3.63) is 36.9 Å². The molecular formula is C8H11N3O4. The van der Waals surface area contributed by atoms with E-state index in [4.69, 9.17) is 0 Å². The van der Waals surface area contributed by atoms with Crippen LogP contribution in [0.5, 0.6) is 0 Å². The minimum Gasteiger partial charge on any atom is -0.295 e. The lowest BCUT2D eigenvalue weighted by atomic mass is 10.1. The van der Waals surface area contributed by atoms with Gasteiger partial charge in [0.25, 0.3) is 0 Å². The van der Waals surface area contributed by atoms with Crippen LogP contribution in [0.1, 0.15) is 20.8 Å². The van der Waals surface area contributed by atoms with E-state index in [-0.39, 0.29) is 0 Å². The van der Waals surface area contributed by atoms with Crippen molar-refractivity contribution in [2.75, 3.05) is 0 Å². The molecule has 0 fully saturated rings. The SMILES string of the molecule is CC(C)(C)n1[nH]cc([N+](=O)[O-])c(=O)c1=O. The van der Waals surface area contributed by atoms with Crippen LogP contribution < -0.4 is 11.0 Å². The predicted octanol–water partition coefficient (Wildman–Crippen LogP) is 0.200. The van der Waals surface area contributed by atoms with Crippen molar-refractivity contribution in [1.82, 2.24) is 9.78 Å². The van der Waals surface area contributed by atoms with Crippen LogP contribution in [0.3, 0.4) is 0 Å². The van der Waals surface area contributed by atoms with Crippen LogP contribution in [-0.2, 0) is 5.54 Å². The van der Waals surface area contributed by atoms with Crippen molar-refractivity contribution in [3.8, 4) is 0 Å². The third kappa shape index (κ3) is 1.95. The van der Waals surface area contributed by atoms with Gasteiger partial charge >= 0.3 is 16.7 Å². The van der Waals surface area contributed by atoms with Gasteiger partial charge in [-0.25, -0.2) is 4.68 Å².